The Morgan fingerprint density at radius 2 is 2.19 bits per heavy atom. The lowest BCUT2D eigenvalue weighted by Gasteiger charge is -2.09. The largest absolute Gasteiger partial charge is 0.391 e. The lowest BCUT2D eigenvalue weighted by Crippen LogP contribution is -2.32. The number of aliphatic hydroxyl groups excluding tert-OH is 1. The maximum atomic E-state index is 12.0. The first-order valence-electron chi connectivity index (χ1n) is 7.82. The number of nitrogens with one attached hydrogen (secondary N) is 1. The lowest BCUT2D eigenvalue weighted by atomic mass is 10.0. The van der Waals surface area contributed by atoms with E-state index < -0.39 is 6.10 Å². The number of aromatic nitrogens is 1. The standard InChI is InChI=1S/C15H23N3O2S/c16-10-7-9(8-12(10)19)15(20)17-6-5-14-18-11-3-1-2-4-13(11)21-14/h9-10,12,19H,1-8,16H2,(H,17,20)/t9-,10+,12+/m0/s1. The second-order valence-corrected chi connectivity index (χ2v) is 7.29. The molecular formula is C15H23N3O2S. The number of hydrogen-bond acceptors (Lipinski definition) is 5. The number of amides is 1. The first-order chi connectivity index (χ1) is 10.1. The molecule has 0 spiro atoms. The van der Waals surface area contributed by atoms with Crippen molar-refractivity contribution in [1.82, 2.24) is 10.3 Å². The molecule has 2 aliphatic rings. The zero-order valence-corrected chi connectivity index (χ0v) is 13.0. The van der Waals surface area contributed by atoms with Crippen molar-refractivity contribution < 1.29 is 9.90 Å². The van der Waals surface area contributed by atoms with Crippen LogP contribution in [0.5, 0.6) is 0 Å². The molecule has 3 rings (SSSR count). The van der Waals surface area contributed by atoms with Gasteiger partial charge in [-0.2, -0.15) is 0 Å². The molecule has 1 amide bonds. The van der Waals surface area contributed by atoms with Crippen molar-refractivity contribution in [3.8, 4) is 0 Å². The van der Waals surface area contributed by atoms with Crippen LogP contribution < -0.4 is 11.1 Å². The summed E-state index contributed by atoms with van der Waals surface area (Å²) >= 11 is 1.80. The Hall–Kier alpha value is -0.980. The molecule has 0 aromatic carbocycles. The van der Waals surface area contributed by atoms with E-state index in [1.54, 1.807) is 11.3 Å². The number of thiazole rings is 1. The molecule has 2 aliphatic carbocycles. The highest BCUT2D eigenvalue weighted by Gasteiger charge is 2.34. The van der Waals surface area contributed by atoms with E-state index in [0.717, 1.165) is 24.3 Å². The molecule has 6 heteroatoms. The number of nitrogens with zero attached hydrogens (tertiary/aromatic N) is 1. The number of rotatable bonds is 4. The molecule has 5 nitrogen and oxygen atoms in total. The fraction of sp³-hybridized carbons (Fsp3) is 0.733. The minimum absolute atomic E-state index is 0.0170. The SMILES string of the molecule is N[C@@H]1C[C@H](C(=O)NCCc2nc3c(s2)CCCC3)C[C@H]1O. The van der Waals surface area contributed by atoms with Gasteiger partial charge in [0, 0.05) is 29.8 Å². The zero-order valence-electron chi connectivity index (χ0n) is 12.2. The van der Waals surface area contributed by atoms with E-state index in [-0.39, 0.29) is 17.9 Å². The van der Waals surface area contributed by atoms with Gasteiger partial charge in [0.15, 0.2) is 0 Å². The maximum absolute atomic E-state index is 12.0. The van der Waals surface area contributed by atoms with Crippen molar-refractivity contribution in [2.75, 3.05) is 6.54 Å². The molecule has 1 aromatic rings. The number of nitrogens with two attached hydrogens (primary N) is 1. The second-order valence-electron chi connectivity index (χ2n) is 6.13. The van der Waals surface area contributed by atoms with Gasteiger partial charge in [-0.3, -0.25) is 4.79 Å². The topological polar surface area (TPSA) is 88.2 Å². The highest BCUT2D eigenvalue weighted by atomic mass is 32.1. The third kappa shape index (κ3) is 3.44. The van der Waals surface area contributed by atoms with Gasteiger partial charge in [0.2, 0.25) is 5.91 Å². The van der Waals surface area contributed by atoms with Crippen molar-refractivity contribution in [2.24, 2.45) is 11.7 Å². The number of aliphatic hydroxyl groups is 1. The van der Waals surface area contributed by atoms with Crippen LogP contribution in [0.25, 0.3) is 0 Å². The third-order valence-corrected chi connectivity index (χ3v) is 5.69. The normalized spacial score (nSPS) is 28.4. The highest BCUT2D eigenvalue weighted by Crippen LogP contribution is 2.27. The summed E-state index contributed by atoms with van der Waals surface area (Å²) in [7, 11) is 0. The Bertz CT molecular complexity index is 484. The van der Waals surface area contributed by atoms with Gasteiger partial charge in [-0.05, 0) is 38.5 Å². The van der Waals surface area contributed by atoms with Gasteiger partial charge in [0.25, 0.3) is 0 Å². The summed E-state index contributed by atoms with van der Waals surface area (Å²) in [6.07, 6.45) is 6.12. The van der Waals surface area contributed by atoms with Crippen molar-refractivity contribution >= 4 is 17.2 Å². The summed E-state index contributed by atoms with van der Waals surface area (Å²) in [5.74, 6) is -0.122. The van der Waals surface area contributed by atoms with Crippen molar-refractivity contribution in [3.63, 3.8) is 0 Å². The Kier molecular flexibility index (Phi) is 4.57. The Morgan fingerprint density at radius 3 is 2.90 bits per heavy atom. The fourth-order valence-corrected chi connectivity index (χ4v) is 4.37. The number of carbonyl (C=O) groups excluding carboxylic acids is 1. The molecule has 0 bridgehead atoms. The molecule has 1 fully saturated rings. The van der Waals surface area contributed by atoms with Crippen LogP contribution in [0.4, 0.5) is 0 Å². The Morgan fingerprint density at radius 1 is 1.38 bits per heavy atom. The maximum Gasteiger partial charge on any atom is 0.223 e. The average molecular weight is 309 g/mol. The minimum Gasteiger partial charge on any atom is -0.391 e. The summed E-state index contributed by atoms with van der Waals surface area (Å²) in [5.41, 5.74) is 7.02. The second kappa shape index (κ2) is 6.42. The average Bonchev–Trinajstić information content (AvgIpc) is 3.02. The van der Waals surface area contributed by atoms with Gasteiger partial charge in [-0.25, -0.2) is 4.98 Å². The van der Waals surface area contributed by atoms with Crippen molar-refractivity contribution in [2.45, 2.75) is 57.1 Å². The summed E-state index contributed by atoms with van der Waals surface area (Å²) in [4.78, 5) is 18.1. The smallest absolute Gasteiger partial charge is 0.223 e. The molecule has 0 radical (unpaired) electrons. The highest BCUT2D eigenvalue weighted by molar-refractivity contribution is 7.11. The van der Waals surface area contributed by atoms with Crippen LogP contribution in [0.1, 0.15) is 41.3 Å². The van der Waals surface area contributed by atoms with Gasteiger partial charge < -0.3 is 16.2 Å². The molecule has 21 heavy (non-hydrogen) atoms. The Labute approximate surface area is 129 Å². The summed E-state index contributed by atoms with van der Waals surface area (Å²) in [5, 5.41) is 13.7. The fourth-order valence-electron chi connectivity index (χ4n) is 3.21. The monoisotopic (exact) mass is 309 g/mol. The molecule has 0 aliphatic heterocycles. The molecule has 1 heterocycles. The van der Waals surface area contributed by atoms with E-state index in [1.807, 2.05) is 0 Å². The molecule has 4 N–H and O–H groups in total. The van der Waals surface area contributed by atoms with E-state index in [9.17, 15) is 9.90 Å². The zero-order chi connectivity index (χ0) is 14.8. The molecule has 0 unspecified atom stereocenters. The molecule has 0 saturated heterocycles. The van der Waals surface area contributed by atoms with Gasteiger partial charge in [-0.15, -0.1) is 11.3 Å². The first-order valence-corrected chi connectivity index (χ1v) is 8.64. The van der Waals surface area contributed by atoms with Crippen LogP contribution >= 0.6 is 11.3 Å². The molecule has 3 atom stereocenters. The van der Waals surface area contributed by atoms with E-state index >= 15 is 0 Å². The summed E-state index contributed by atoms with van der Waals surface area (Å²) in [6.45, 7) is 0.618. The predicted octanol–water partition coefficient (Wildman–Crippen LogP) is 0.779. The van der Waals surface area contributed by atoms with Gasteiger partial charge in [0.1, 0.15) is 0 Å². The van der Waals surface area contributed by atoms with Crippen LogP contribution in [-0.4, -0.2) is 34.7 Å². The van der Waals surface area contributed by atoms with Crippen LogP contribution in [0.2, 0.25) is 0 Å². The quantitative estimate of drug-likeness (QED) is 0.767. The van der Waals surface area contributed by atoms with E-state index in [1.165, 1.54) is 23.4 Å². The van der Waals surface area contributed by atoms with E-state index in [0.29, 0.717) is 19.4 Å². The van der Waals surface area contributed by atoms with Crippen LogP contribution in [0, 0.1) is 5.92 Å². The predicted molar refractivity (Wildman–Crippen MR) is 82.2 cm³/mol. The minimum atomic E-state index is -0.536. The van der Waals surface area contributed by atoms with Crippen LogP contribution in [-0.2, 0) is 24.1 Å². The lowest BCUT2D eigenvalue weighted by molar-refractivity contribution is -0.125. The van der Waals surface area contributed by atoms with Gasteiger partial charge in [0.05, 0.1) is 16.8 Å². The number of carbonyl (C=O) groups is 1. The number of hydrogen-bond donors (Lipinski definition) is 3. The number of fused-ring (bicyclic) bond motifs is 1. The van der Waals surface area contributed by atoms with E-state index in [4.69, 9.17) is 5.73 Å². The molecule has 1 aromatic heterocycles. The third-order valence-electron chi connectivity index (χ3n) is 4.48. The van der Waals surface area contributed by atoms with Gasteiger partial charge >= 0.3 is 0 Å². The van der Waals surface area contributed by atoms with Crippen molar-refractivity contribution in [1.29, 1.82) is 0 Å². The molecule has 1 saturated carbocycles. The van der Waals surface area contributed by atoms with Crippen molar-refractivity contribution in [3.05, 3.63) is 15.6 Å². The van der Waals surface area contributed by atoms with E-state index in [2.05, 4.69) is 10.3 Å². The first kappa shape index (κ1) is 14.9. The number of aryl methyl sites for hydroxylation is 2. The Balaban J connectivity index is 1.45. The summed E-state index contributed by atoms with van der Waals surface area (Å²) in [6, 6.07) is -0.258. The summed E-state index contributed by atoms with van der Waals surface area (Å²) < 4.78 is 0. The molecular weight excluding hydrogens is 286 g/mol. The van der Waals surface area contributed by atoms with Gasteiger partial charge in [-0.1, -0.05) is 0 Å². The van der Waals surface area contributed by atoms with Crippen LogP contribution in [0.15, 0.2) is 0 Å². The van der Waals surface area contributed by atoms with Crippen LogP contribution in [0.3, 0.4) is 0 Å². The molecule has 116 valence electrons.